The Labute approximate surface area is 129 Å². The summed E-state index contributed by atoms with van der Waals surface area (Å²) in [5.41, 5.74) is 0.402. The van der Waals surface area contributed by atoms with Gasteiger partial charge in [-0.15, -0.1) is 0 Å². The lowest BCUT2D eigenvalue weighted by Crippen LogP contribution is -2.29. The number of aromatic nitrogens is 2. The molecule has 0 atom stereocenters. The minimum atomic E-state index is -1.49. The van der Waals surface area contributed by atoms with Gasteiger partial charge >= 0.3 is 7.12 Å². The SMILES string of the molecule is CNCCN(C)c1cncc(Oc2ccc(B(O)O)cc2)n1. The van der Waals surface area contributed by atoms with Crippen molar-refractivity contribution in [2.24, 2.45) is 0 Å². The van der Waals surface area contributed by atoms with Gasteiger partial charge in [-0.05, 0) is 24.6 Å². The summed E-state index contributed by atoms with van der Waals surface area (Å²) in [5.74, 6) is 1.65. The lowest BCUT2D eigenvalue weighted by atomic mass is 9.80. The quantitative estimate of drug-likeness (QED) is 0.600. The van der Waals surface area contributed by atoms with E-state index in [9.17, 15) is 0 Å². The number of rotatable bonds is 7. The number of nitrogens with zero attached hydrogens (tertiary/aromatic N) is 3. The molecular formula is C14H19BN4O3. The molecule has 2 aromatic rings. The fourth-order valence-electron chi connectivity index (χ4n) is 1.79. The summed E-state index contributed by atoms with van der Waals surface area (Å²) in [6.45, 7) is 1.64. The molecule has 22 heavy (non-hydrogen) atoms. The second-order valence-corrected chi connectivity index (χ2v) is 4.79. The zero-order valence-corrected chi connectivity index (χ0v) is 12.6. The molecule has 0 unspecified atom stereocenters. The van der Waals surface area contributed by atoms with Crippen LogP contribution in [0, 0.1) is 0 Å². The van der Waals surface area contributed by atoms with Gasteiger partial charge in [0.05, 0.1) is 12.4 Å². The van der Waals surface area contributed by atoms with E-state index in [2.05, 4.69) is 15.3 Å². The average molecular weight is 302 g/mol. The monoisotopic (exact) mass is 302 g/mol. The third-order valence-electron chi connectivity index (χ3n) is 3.09. The Morgan fingerprint density at radius 3 is 2.59 bits per heavy atom. The Hall–Kier alpha value is -2.16. The fourth-order valence-corrected chi connectivity index (χ4v) is 1.79. The van der Waals surface area contributed by atoms with E-state index in [0.717, 1.165) is 18.9 Å². The van der Waals surface area contributed by atoms with E-state index in [1.165, 1.54) is 6.20 Å². The molecule has 1 aromatic carbocycles. The van der Waals surface area contributed by atoms with Gasteiger partial charge in [0, 0.05) is 20.1 Å². The summed E-state index contributed by atoms with van der Waals surface area (Å²) in [5, 5.41) is 21.2. The van der Waals surface area contributed by atoms with Crippen LogP contribution in [0.15, 0.2) is 36.7 Å². The maximum atomic E-state index is 9.05. The number of hydrogen-bond acceptors (Lipinski definition) is 7. The Kier molecular flexibility index (Phi) is 5.71. The minimum absolute atomic E-state index is 0.381. The second kappa shape index (κ2) is 7.74. The van der Waals surface area contributed by atoms with Crippen molar-refractivity contribution in [3.05, 3.63) is 36.7 Å². The highest BCUT2D eigenvalue weighted by molar-refractivity contribution is 6.58. The van der Waals surface area contributed by atoms with E-state index in [-0.39, 0.29) is 0 Å². The van der Waals surface area contributed by atoms with Crippen LogP contribution in [0.2, 0.25) is 0 Å². The predicted molar refractivity (Wildman–Crippen MR) is 85.6 cm³/mol. The van der Waals surface area contributed by atoms with Crippen LogP contribution in [-0.4, -0.2) is 54.3 Å². The van der Waals surface area contributed by atoms with Gasteiger partial charge in [0.2, 0.25) is 5.88 Å². The third-order valence-corrected chi connectivity index (χ3v) is 3.09. The fraction of sp³-hybridized carbons (Fsp3) is 0.286. The highest BCUT2D eigenvalue weighted by Crippen LogP contribution is 2.19. The number of anilines is 1. The molecule has 0 amide bonds. The number of likely N-dealkylation sites (N-methyl/N-ethyl adjacent to an activating group) is 2. The number of hydrogen-bond donors (Lipinski definition) is 3. The number of nitrogens with one attached hydrogen (secondary N) is 1. The first kappa shape index (κ1) is 16.2. The Balaban J connectivity index is 2.06. The molecule has 0 aliphatic heterocycles. The molecule has 1 aromatic heterocycles. The molecule has 0 spiro atoms. The van der Waals surface area contributed by atoms with Crippen LogP contribution >= 0.6 is 0 Å². The number of benzene rings is 1. The van der Waals surface area contributed by atoms with E-state index in [1.807, 2.05) is 19.0 Å². The summed E-state index contributed by atoms with van der Waals surface area (Å²) in [7, 11) is 2.34. The molecule has 0 bridgehead atoms. The maximum absolute atomic E-state index is 9.05. The summed E-state index contributed by atoms with van der Waals surface area (Å²) in [6, 6.07) is 6.45. The van der Waals surface area contributed by atoms with Crippen molar-refractivity contribution in [3.63, 3.8) is 0 Å². The van der Waals surface area contributed by atoms with Gasteiger partial charge in [-0.25, -0.2) is 0 Å². The maximum Gasteiger partial charge on any atom is 0.488 e. The zero-order valence-electron chi connectivity index (χ0n) is 12.6. The minimum Gasteiger partial charge on any atom is -0.437 e. The molecule has 2 rings (SSSR count). The third kappa shape index (κ3) is 4.42. The second-order valence-electron chi connectivity index (χ2n) is 4.79. The largest absolute Gasteiger partial charge is 0.488 e. The zero-order chi connectivity index (χ0) is 15.9. The highest BCUT2D eigenvalue weighted by atomic mass is 16.5. The first-order valence-corrected chi connectivity index (χ1v) is 6.92. The number of ether oxygens (including phenoxy) is 1. The van der Waals surface area contributed by atoms with E-state index in [0.29, 0.717) is 17.1 Å². The van der Waals surface area contributed by atoms with E-state index in [4.69, 9.17) is 14.8 Å². The van der Waals surface area contributed by atoms with Crippen LogP contribution < -0.4 is 20.4 Å². The molecule has 116 valence electrons. The van der Waals surface area contributed by atoms with Gasteiger partial charge < -0.3 is 25.0 Å². The molecule has 0 saturated carbocycles. The topological polar surface area (TPSA) is 90.7 Å². The van der Waals surface area contributed by atoms with Gasteiger partial charge in [0.1, 0.15) is 5.75 Å². The molecule has 0 aliphatic rings. The molecule has 0 fully saturated rings. The lowest BCUT2D eigenvalue weighted by molar-refractivity contribution is 0.425. The van der Waals surface area contributed by atoms with Crippen molar-refractivity contribution < 1.29 is 14.8 Å². The molecule has 8 heteroatoms. The molecule has 0 aliphatic carbocycles. The van der Waals surface area contributed by atoms with E-state index < -0.39 is 7.12 Å². The molecule has 1 heterocycles. The van der Waals surface area contributed by atoms with Crippen molar-refractivity contribution in [3.8, 4) is 11.6 Å². The van der Waals surface area contributed by atoms with Gasteiger partial charge in [-0.2, -0.15) is 4.98 Å². The van der Waals surface area contributed by atoms with Crippen LogP contribution in [0.5, 0.6) is 11.6 Å². The molecule has 3 N–H and O–H groups in total. The first-order valence-electron chi connectivity index (χ1n) is 6.92. The van der Waals surface area contributed by atoms with Crippen LogP contribution in [0.25, 0.3) is 0 Å². The summed E-state index contributed by atoms with van der Waals surface area (Å²) < 4.78 is 5.63. The molecule has 0 saturated heterocycles. The Bertz CT molecular complexity index is 595. The normalized spacial score (nSPS) is 10.4. The van der Waals surface area contributed by atoms with Crippen molar-refractivity contribution >= 4 is 18.4 Å². The van der Waals surface area contributed by atoms with Crippen LogP contribution in [-0.2, 0) is 0 Å². The van der Waals surface area contributed by atoms with E-state index >= 15 is 0 Å². The van der Waals surface area contributed by atoms with Crippen molar-refractivity contribution in [2.45, 2.75) is 0 Å². The average Bonchev–Trinajstić information content (AvgIpc) is 2.53. The van der Waals surface area contributed by atoms with Gasteiger partial charge in [-0.1, -0.05) is 12.1 Å². The van der Waals surface area contributed by atoms with Gasteiger partial charge in [0.15, 0.2) is 5.82 Å². The predicted octanol–water partition coefficient (Wildman–Crippen LogP) is -0.396. The standard InChI is InChI=1S/C14H19BN4O3/c1-16-7-8-19(2)13-9-17-10-14(18-13)22-12-5-3-11(4-6-12)15(20)21/h3-6,9-10,16,20-21H,7-8H2,1-2H3. The molecule has 7 nitrogen and oxygen atoms in total. The first-order chi connectivity index (χ1) is 10.6. The van der Waals surface area contributed by atoms with Crippen molar-refractivity contribution in [1.82, 2.24) is 15.3 Å². The Morgan fingerprint density at radius 2 is 1.95 bits per heavy atom. The van der Waals surface area contributed by atoms with Crippen molar-refractivity contribution in [2.75, 3.05) is 32.1 Å². The summed E-state index contributed by atoms with van der Waals surface area (Å²) in [4.78, 5) is 10.5. The highest BCUT2D eigenvalue weighted by Gasteiger charge is 2.11. The van der Waals surface area contributed by atoms with E-state index in [1.54, 1.807) is 30.5 Å². The molecule has 0 radical (unpaired) electrons. The lowest BCUT2D eigenvalue weighted by Gasteiger charge is -2.17. The summed E-state index contributed by atoms with van der Waals surface area (Å²) in [6.07, 6.45) is 3.21. The Morgan fingerprint density at radius 1 is 1.23 bits per heavy atom. The smallest absolute Gasteiger partial charge is 0.437 e. The van der Waals surface area contributed by atoms with Crippen LogP contribution in [0.1, 0.15) is 0 Å². The van der Waals surface area contributed by atoms with Crippen LogP contribution in [0.4, 0.5) is 5.82 Å². The van der Waals surface area contributed by atoms with Gasteiger partial charge in [0.25, 0.3) is 0 Å². The van der Waals surface area contributed by atoms with Crippen LogP contribution in [0.3, 0.4) is 0 Å². The summed E-state index contributed by atoms with van der Waals surface area (Å²) >= 11 is 0. The molecular weight excluding hydrogens is 283 g/mol. The van der Waals surface area contributed by atoms with Gasteiger partial charge in [-0.3, -0.25) is 4.98 Å². The van der Waals surface area contributed by atoms with Crippen molar-refractivity contribution in [1.29, 1.82) is 0 Å².